The van der Waals surface area contributed by atoms with Gasteiger partial charge in [-0.3, -0.25) is 0 Å². The second kappa shape index (κ2) is 37.2. The van der Waals surface area contributed by atoms with E-state index in [1.165, 1.54) is 177 Å². The van der Waals surface area contributed by atoms with E-state index >= 15 is 4.39 Å². The van der Waals surface area contributed by atoms with Crippen LogP contribution in [-0.4, -0.2) is 0 Å². The lowest BCUT2D eigenvalue weighted by Gasteiger charge is -2.14. The zero-order valence-electron chi connectivity index (χ0n) is 73.9. The fraction of sp³-hybridized carbons (Fsp3) is 0.312. The molecule has 0 amide bonds. The van der Waals surface area contributed by atoms with Crippen molar-refractivity contribution in [1.29, 1.82) is 0 Å². The summed E-state index contributed by atoms with van der Waals surface area (Å²) in [6.07, 6.45) is 13.3. The third kappa shape index (κ3) is 19.1. The van der Waals surface area contributed by atoms with E-state index in [4.69, 9.17) is 0 Å². The van der Waals surface area contributed by atoms with Crippen LogP contribution in [0.4, 0.5) is 4.39 Å². The summed E-state index contributed by atoms with van der Waals surface area (Å²) in [5.41, 5.74) is 34.6. The molecule has 6 heteroatoms. The summed E-state index contributed by atoms with van der Waals surface area (Å²) >= 11 is 0. The van der Waals surface area contributed by atoms with Gasteiger partial charge in [-0.1, -0.05) is 208 Å². The van der Waals surface area contributed by atoms with Gasteiger partial charge in [-0.2, -0.15) is 4.57 Å². The molecule has 0 aliphatic rings. The average molecular weight is 1530 g/mol. The minimum Gasteiger partial charge on any atom is -0.206 e. The van der Waals surface area contributed by atoms with E-state index in [1.54, 1.807) is 0 Å². The van der Waals surface area contributed by atoms with Crippen molar-refractivity contribution in [3.8, 4) is 56.3 Å². The second-order valence-electron chi connectivity index (χ2n) is 34.1. The predicted molar refractivity (Wildman–Crippen MR) is 489 cm³/mol. The summed E-state index contributed by atoms with van der Waals surface area (Å²) in [5, 5.41) is 11.6. The van der Waals surface area contributed by atoms with Crippen LogP contribution in [0.15, 0.2) is 231 Å². The first-order chi connectivity index (χ1) is 54.9. The topological polar surface area (TPSA) is 19.4 Å². The van der Waals surface area contributed by atoms with Gasteiger partial charge in [0.1, 0.15) is 41.1 Å². The Morgan fingerprint density at radius 2 is 0.704 bits per heavy atom. The molecule has 0 aliphatic carbocycles. The van der Waals surface area contributed by atoms with E-state index in [2.05, 4.69) is 428 Å². The van der Waals surface area contributed by atoms with E-state index in [9.17, 15) is 0 Å². The minimum atomic E-state index is 0.00142. The van der Waals surface area contributed by atoms with Crippen LogP contribution in [0.25, 0.3) is 110 Å². The molecule has 5 nitrogen and oxygen atoms in total. The number of fused-ring (bicyclic) bond motifs is 5. The molecular formula is C109H127FN5+5. The molecule has 0 radical (unpaired) electrons. The van der Waals surface area contributed by atoms with Gasteiger partial charge in [0, 0.05) is 64.2 Å². The van der Waals surface area contributed by atoms with Crippen molar-refractivity contribution in [2.45, 2.75) is 188 Å². The maximum Gasteiger partial charge on any atom is 0.220 e. The molecule has 590 valence electrons. The molecule has 15 aromatic rings. The monoisotopic (exact) mass is 1530 g/mol. The summed E-state index contributed by atoms with van der Waals surface area (Å²) in [4.78, 5) is 0. The molecule has 0 saturated carbocycles. The molecule has 0 fully saturated rings. The summed E-state index contributed by atoms with van der Waals surface area (Å²) in [6.45, 7) is 44.1. The van der Waals surface area contributed by atoms with Gasteiger partial charge in [-0.05, 0) is 261 Å². The number of aryl methyl sites for hydroxylation is 15. The molecule has 5 aromatic heterocycles. The zero-order chi connectivity index (χ0) is 83.0. The number of rotatable bonds is 14. The van der Waals surface area contributed by atoms with Gasteiger partial charge in [-0.15, -0.1) is 0 Å². The van der Waals surface area contributed by atoms with E-state index in [0.717, 1.165) is 54.1 Å². The predicted octanol–water partition coefficient (Wildman–Crippen LogP) is 26.4. The van der Waals surface area contributed by atoms with Crippen LogP contribution in [0.5, 0.6) is 0 Å². The normalized spacial score (nSPS) is 11.4. The first-order valence-electron chi connectivity index (χ1n) is 42.0. The molecule has 0 atom stereocenters. The van der Waals surface area contributed by atoms with Crippen LogP contribution < -0.4 is 22.8 Å². The van der Waals surface area contributed by atoms with Gasteiger partial charge in [0.25, 0.3) is 0 Å². The standard InChI is InChI=1S/C25H31FN.C22H26N.2C21H24N.C20H22N/c1-7-9-19-15-24-20(21(10-8-2)25(19)26)11-12-23(27(24)6)22-14-16(3)13-17(4)18(22)5;1-14(2)18-7-8-20-19(13-18)9-10-23(6)22(20)21-12-15(3)11-16(4)17(21)5;1-14(2)17-8-9-19-18(13-17)10-11-22(5)21(19)20-12-15(3)6-7-16(20)4;1-15(2)13-17-9-10-20-18(14-17)11-12-22(4)21(20)19-8-6-5-7-16(19)3;1-14(2)16-9-10-19-17(13-16)11-12-21(4)20(19)18-8-6-5-7-15(18)3/h11-15H,7-10H2,1-6H3;7-14H,1-6H3;6-14H,1-5H3;5-12,14-15H,13H2,1-4H3;5-14H,1-4H3/q5*+1. The minimum absolute atomic E-state index is 0.00142. The lowest BCUT2D eigenvalue weighted by molar-refractivity contribution is -0.659. The molecule has 0 bridgehead atoms. The Labute approximate surface area is 688 Å². The van der Waals surface area contributed by atoms with Crippen LogP contribution in [0, 0.1) is 81.0 Å². The van der Waals surface area contributed by atoms with E-state index in [1.807, 2.05) is 0 Å². The van der Waals surface area contributed by atoms with Gasteiger partial charge in [0.2, 0.25) is 34.0 Å². The summed E-state index contributed by atoms with van der Waals surface area (Å²) in [6, 6.07) is 75.7. The number of hydrogen-bond acceptors (Lipinski definition) is 0. The summed E-state index contributed by atoms with van der Waals surface area (Å²) in [5.74, 6) is 2.36. The van der Waals surface area contributed by atoms with Crippen LogP contribution in [-0.2, 0) is 54.5 Å². The second-order valence-corrected chi connectivity index (χ2v) is 34.1. The number of benzene rings is 10. The Kier molecular flexibility index (Phi) is 27.5. The molecule has 0 aliphatic heterocycles. The van der Waals surface area contributed by atoms with Crippen LogP contribution in [0.1, 0.15) is 189 Å². The number of halogens is 1. The number of aromatic nitrogens is 5. The maximum absolute atomic E-state index is 15.1. The highest BCUT2D eigenvalue weighted by Crippen LogP contribution is 2.37. The highest BCUT2D eigenvalue weighted by molar-refractivity contribution is 5.97. The fourth-order valence-electron chi connectivity index (χ4n) is 16.7. The number of hydrogen-bond donors (Lipinski definition) is 0. The Balaban J connectivity index is 0.000000142. The SMILES string of the molecule is CCCc1cc2c(ccc(-c3cc(C)cc(C)c3C)[n+]2C)c(CCC)c1F.Cc1cc(C)c(C)c(-c2c3ccc(C(C)C)cc3cc[n+]2C)c1.Cc1ccc(C)c(-c2c3ccc(C(C)C)cc3cc[n+]2C)c1.Cc1ccccc1-c1c2ccc(C(C)C)cc2cc[n+]1C.Cc1ccccc1-c1c2ccc(CC(C)C)cc2cc[n+]1C. The first kappa shape index (κ1) is 85.1. The van der Waals surface area contributed by atoms with Gasteiger partial charge in [0.15, 0.2) is 24.8 Å². The Morgan fingerprint density at radius 1 is 0.322 bits per heavy atom. The third-order valence-corrected chi connectivity index (χ3v) is 23.5. The van der Waals surface area contributed by atoms with Crippen molar-refractivity contribution in [1.82, 2.24) is 0 Å². The van der Waals surface area contributed by atoms with Crippen molar-refractivity contribution in [3.63, 3.8) is 0 Å². The lowest BCUT2D eigenvalue weighted by atomic mass is 9.93. The number of nitrogens with zero attached hydrogens (tertiary/aromatic N) is 5. The third-order valence-electron chi connectivity index (χ3n) is 23.5. The van der Waals surface area contributed by atoms with Crippen molar-refractivity contribution in [3.05, 3.63) is 326 Å². The van der Waals surface area contributed by atoms with Crippen molar-refractivity contribution < 1.29 is 27.2 Å². The largest absolute Gasteiger partial charge is 0.220 e. The van der Waals surface area contributed by atoms with Crippen molar-refractivity contribution in [2.75, 3.05) is 0 Å². The van der Waals surface area contributed by atoms with Crippen LogP contribution in [0.3, 0.4) is 0 Å². The molecule has 0 spiro atoms. The zero-order valence-corrected chi connectivity index (χ0v) is 73.9. The number of pyridine rings is 5. The first-order valence-corrected chi connectivity index (χ1v) is 42.0. The summed E-state index contributed by atoms with van der Waals surface area (Å²) < 4.78 is 26.3. The highest BCUT2D eigenvalue weighted by Gasteiger charge is 2.26. The van der Waals surface area contributed by atoms with Crippen LogP contribution in [0.2, 0.25) is 0 Å². The smallest absolute Gasteiger partial charge is 0.206 e. The molecule has 0 N–H and O–H groups in total. The Bertz CT molecular complexity index is 6070. The van der Waals surface area contributed by atoms with Gasteiger partial charge in [-0.25, -0.2) is 22.7 Å². The van der Waals surface area contributed by atoms with E-state index < -0.39 is 0 Å². The molecule has 0 saturated heterocycles. The van der Waals surface area contributed by atoms with Crippen molar-refractivity contribution in [2.24, 2.45) is 41.2 Å². The molecule has 15 rings (SSSR count). The Hall–Kier alpha value is -10.8. The molecule has 115 heavy (non-hydrogen) atoms. The lowest BCUT2D eigenvalue weighted by Crippen LogP contribution is -2.33. The Morgan fingerprint density at radius 3 is 1.14 bits per heavy atom. The van der Waals surface area contributed by atoms with Gasteiger partial charge >= 0.3 is 0 Å². The van der Waals surface area contributed by atoms with E-state index in [-0.39, 0.29) is 5.82 Å². The molecule has 5 heterocycles. The van der Waals surface area contributed by atoms with Crippen molar-refractivity contribution >= 4 is 54.0 Å². The maximum atomic E-state index is 15.1. The molecular weight excluding hydrogens is 1400 g/mol. The molecule has 0 unspecified atom stereocenters. The quantitative estimate of drug-likeness (QED) is 0.0967. The fourth-order valence-corrected chi connectivity index (χ4v) is 16.7. The summed E-state index contributed by atoms with van der Waals surface area (Å²) in [7, 11) is 10.6. The van der Waals surface area contributed by atoms with E-state index in [0.29, 0.717) is 23.7 Å². The highest BCUT2D eigenvalue weighted by atomic mass is 19.1. The molecule has 10 aromatic carbocycles. The average Bonchev–Trinajstić information content (AvgIpc) is 0.772. The van der Waals surface area contributed by atoms with Gasteiger partial charge in [0.05, 0.1) is 32.5 Å². The van der Waals surface area contributed by atoms with Gasteiger partial charge < -0.3 is 0 Å². The van der Waals surface area contributed by atoms with Crippen LogP contribution >= 0.6 is 0 Å².